The lowest BCUT2D eigenvalue weighted by Gasteiger charge is -2.08. The lowest BCUT2D eigenvalue weighted by Crippen LogP contribution is -2.04. The van der Waals surface area contributed by atoms with E-state index in [4.69, 9.17) is 23.2 Å². The van der Waals surface area contributed by atoms with Crippen LogP contribution in [0.25, 0.3) is 0 Å². The fourth-order valence-corrected chi connectivity index (χ4v) is 2.48. The Hall–Kier alpha value is -0.800. The van der Waals surface area contributed by atoms with Crippen molar-refractivity contribution in [3.8, 4) is 0 Å². The van der Waals surface area contributed by atoms with E-state index >= 15 is 0 Å². The SMILES string of the molecule is O=[N+]([O-])c1ccc(Cl)cc1CCC(Cl)C1CC1. The Balaban J connectivity index is 2.07. The number of nitro benzene ring substituents is 1. The topological polar surface area (TPSA) is 43.1 Å². The molecule has 1 atom stereocenters. The second-order valence-corrected chi connectivity index (χ2v) is 5.42. The summed E-state index contributed by atoms with van der Waals surface area (Å²) in [5.41, 5.74) is 0.808. The zero-order valence-corrected chi connectivity index (χ0v) is 10.7. The molecule has 0 radical (unpaired) electrons. The first kappa shape index (κ1) is 12.7. The molecule has 2 rings (SSSR count). The monoisotopic (exact) mass is 273 g/mol. The number of aryl methyl sites for hydroxylation is 1. The van der Waals surface area contributed by atoms with E-state index in [1.165, 1.54) is 18.9 Å². The quantitative estimate of drug-likeness (QED) is 0.459. The van der Waals surface area contributed by atoms with Gasteiger partial charge in [0.2, 0.25) is 0 Å². The van der Waals surface area contributed by atoms with Crippen LogP contribution in [0.4, 0.5) is 5.69 Å². The number of alkyl halides is 1. The standard InChI is InChI=1S/C12H13Cl2NO2/c13-10-4-6-12(15(16)17)9(7-10)3-5-11(14)8-1-2-8/h4,6-8,11H,1-3,5H2. The number of rotatable bonds is 5. The maximum atomic E-state index is 10.9. The van der Waals surface area contributed by atoms with Crippen molar-refractivity contribution in [2.45, 2.75) is 31.1 Å². The normalized spacial score (nSPS) is 16.8. The van der Waals surface area contributed by atoms with Gasteiger partial charge in [-0.1, -0.05) is 11.6 Å². The van der Waals surface area contributed by atoms with Crippen LogP contribution in [0.1, 0.15) is 24.8 Å². The Morgan fingerprint density at radius 3 is 2.76 bits per heavy atom. The number of hydrogen-bond donors (Lipinski definition) is 0. The Kier molecular flexibility index (Phi) is 3.89. The molecule has 1 aromatic rings. The van der Waals surface area contributed by atoms with Crippen LogP contribution in [0.15, 0.2) is 18.2 Å². The molecule has 0 spiro atoms. The van der Waals surface area contributed by atoms with E-state index < -0.39 is 0 Å². The second-order valence-electron chi connectivity index (χ2n) is 4.42. The third-order valence-electron chi connectivity index (χ3n) is 3.06. The van der Waals surface area contributed by atoms with Crippen molar-refractivity contribution < 1.29 is 4.92 Å². The maximum Gasteiger partial charge on any atom is 0.272 e. The van der Waals surface area contributed by atoms with Gasteiger partial charge in [0, 0.05) is 22.0 Å². The largest absolute Gasteiger partial charge is 0.272 e. The highest BCUT2D eigenvalue weighted by molar-refractivity contribution is 6.30. The van der Waals surface area contributed by atoms with Crippen molar-refractivity contribution in [2.75, 3.05) is 0 Å². The summed E-state index contributed by atoms with van der Waals surface area (Å²) < 4.78 is 0. The zero-order chi connectivity index (χ0) is 12.4. The zero-order valence-electron chi connectivity index (χ0n) is 9.23. The van der Waals surface area contributed by atoms with Crippen molar-refractivity contribution in [2.24, 2.45) is 5.92 Å². The second kappa shape index (κ2) is 5.23. The molecule has 17 heavy (non-hydrogen) atoms. The molecule has 5 heteroatoms. The molecule has 0 aliphatic heterocycles. The van der Waals surface area contributed by atoms with Crippen LogP contribution in [0.5, 0.6) is 0 Å². The molecule has 0 N–H and O–H groups in total. The molecule has 1 aromatic carbocycles. The molecular weight excluding hydrogens is 261 g/mol. The van der Waals surface area contributed by atoms with Crippen molar-refractivity contribution in [3.63, 3.8) is 0 Å². The van der Waals surface area contributed by atoms with E-state index in [-0.39, 0.29) is 16.0 Å². The van der Waals surface area contributed by atoms with Gasteiger partial charge in [-0.2, -0.15) is 0 Å². The Morgan fingerprint density at radius 1 is 1.47 bits per heavy atom. The summed E-state index contributed by atoms with van der Waals surface area (Å²) in [6.45, 7) is 0. The van der Waals surface area contributed by atoms with Crippen LogP contribution in [0.3, 0.4) is 0 Å². The minimum absolute atomic E-state index is 0.133. The summed E-state index contributed by atoms with van der Waals surface area (Å²) in [5, 5.41) is 11.5. The first-order chi connectivity index (χ1) is 8.08. The van der Waals surface area contributed by atoms with Crippen LogP contribution in [-0.2, 0) is 6.42 Å². The van der Waals surface area contributed by atoms with Crippen molar-refractivity contribution in [1.29, 1.82) is 0 Å². The van der Waals surface area contributed by atoms with E-state index in [0.717, 1.165) is 6.42 Å². The van der Waals surface area contributed by atoms with Crippen molar-refractivity contribution in [1.82, 2.24) is 0 Å². The van der Waals surface area contributed by atoms with E-state index in [1.54, 1.807) is 12.1 Å². The first-order valence-electron chi connectivity index (χ1n) is 5.65. The molecule has 0 bridgehead atoms. The first-order valence-corrected chi connectivity index (χ1v) is 6.46. The summed E-state index contributed by atoms with van der Waals surface area (Å²) >= 11 is 12.1. The molecule has 0 saturated heterocycles. The summed E-state index contributed by atoms with van der Waals surface area (Å²) in [6.07, 6.45) is 3.76. The predicted molar refractivity (Wildman–Crippen MR) is 68.8 cm³/mol. The highest BCUT2D eigenvalue weighted by Gasteiger charge is 2.29. The molecule has 3 nitrogen and oxygen atoms in total. The van der Waals surface area contributed by atoms with Crippen molar-refractivity contribution >= 4 is 28.9 Å². The third kappa shape index (κ3) is 3.33. The van der Waals surface area contributed by atoms with Gasteiger partial charge in [0.25, 0.3) is 5.69 Å². The van der Waals surface area contributed by atoms with Gasteiger partial charge in [-0.15, -0.1) is 11.6 Å². The minimum Gasteiger partial charge on any atom is -0.258 e. The predicted octanol–water partition coefficient (Wildman–Crippen LogP) is 4.20. The Bertz CT molecular complexity index is 433. The van der Waals surface area contributed by atoms with Gasteiger partial charge in [0.05, 0.1) is 4.92 Å². The number of nitrogens with zero attached hydrogens (tertiary/aromatic N) is 1. The van der Waals surface area contributed by atoms with Gasteiger partial charge in [0.1, 0.15) is 0 Å². The van der Waals surface area contributed by atoms with Gasteiger partial charge in [-0.3, -0.25) is 10.1 Å². The van der Waals surface area contributed by atoms with E-state index in [9.17, 15) is 10.1 Å². The fourth-order valence-electron chi connectivity index (χ4n) is 1.92. The van der Waals surface area contributed by atoms with Crippen LogP contribution >= 0.6 is 23.2 Å². The van der Waals surface area contributed by atoms with Crippen LogP contribution in [0.2, 0.25) is 5.02 Å². The molecule has 1 fully saturated rings. The van der Waals surface area contributed by atoms with Gasteiger partial charge in [0.15, 0.2) is 0 Å². The van der Waals surface area contributed by atoms with Crippen LogP contribution in [0, 0.1) is 16.0 Å². The summed E-state index contributed by atoms with van der Waals surface area (Å²) in [6, 6.07) is 4.66. The molecule has 0 aromatic heterocycles. The Labute approximate surface area is 110 Å². The Morgan fingerprint density at radius 2 is 2.18 bits per heavy atom. The third-order valence-corrected chi connectivity index (χ3v) is 3.87. The molecule has 1 saturated carbocycles. The highest BCUT2D eigenvalue weighted by Crippen LogP contribution is 2.38. The van der Waals surface area contributed by atoms with E-state index in [1.807, 2.05) is 0 Å². The summed E-state index contributed by atoms with van der Waals surface area (Å²) in [4.78, 5) is 10.5. The molecule has 1 aliphatic rings. The summed E-state index contributed by atoms with van der Waals surface area (Å²) in [5.74, 6) is 0.606. The number of hydrogen-bond acceptors (Lipinski definition) is 2. The highest BCUT2D eigenvalue weighted by atomic mass is 35.5. The van der Waals surface area contributed by atoms with E-state index in [2.05, 4.69) is 0 Å². The van der Waals surface area contributed by atoms with Crippen LogP contribution < -0.4 is 0 Å². The van der Waals surface area contributed by atoms with Gasteiger partial charge < -0.3 is 0 Å². The molecule has 1 aliphatic carbocycles. The van der Waals surface area contributed by atoms with Crippen LogP contribution in [-0.4, -0.2) is 10.3 Å². The molecule has 92 valence electrons. The van der Waals surface area contributed by atoms with Gasteiger partial charge in [-0.25, -0.2) is 0 Å². The number of halogens is 2. The number of benzene rings is 1. The smallest absolute Gasteiger partial charge is 0.258 e. The molecule has 0 heterocycles. The summed E-state index contributed by atoms with van der Waals surface area (Å²) in [7, 11) is 0. The number of nitro groups is 1. The fraction of sp³-hybridized carbons (Fsp3) is 0.500. The average molecular weight is 274 g/mol. The maximum absolute atomic E-state index is 10.9. The average Bonchev–Trinajstić information content (AvgIpc) is 3.09. The van der Waals surface area contributed by atoms with Crippen molar-refractivity contribution in [3.05, 3.63) is 38.9 Å². The van der Waals surface area contributed by atoms with E-state index in [0.29, 0.717) is 22.9 Å². The van der Waals surface area contributed by atoms with Gasteiger partial charge >= 0.3 is 0 Å². The lowest BCUT2D eigenvalue weighted by molar-refractivity contribution is -0.385. The molecule has 0 amide bonds. The molecule has 1 unspecified atom stereocenters. The van der Waals surface area contributed by atoms with Gasteiger partial charge in [-0.05, 0) is 43.7 Å². The lowest BCUT2D eigenvalue weighted by atomic mass is 10.0. The molecular formula is C12H13Cl2NO2. The minimum atomic E-state index is -0.369.